The first-order valence-corrected chi connectivity index (χ1v) is 25.3. The van der Waals surface area contributed by atoms with Crippen LogP contribution >= 0.6 is 11.3 Å². The molecule has 0 N–H and O–H groups in total. The Morgan fingerprint density at radius 2 is 1.04 bits per heavy atom. The molecular formula is C64H68BN3S. The van der Waals surface area contributed by atoms with Crippen molar-refractivity contribution in [3.63, 3.8) is 0 Å². The topological polar surface area (TPSA) is 9.72 Å². The Bertz CT molecular complexity index is 3770. The van der Waals surface area contributed by atoms with E-state index in [4.69, 9.17) is 8.22 Å². The highest BCUT2D eigenvalue weighted by Gasteiger charge is 2.47. The Morgan fingerprint density at radius 1 is 0.522 bits per heavy atom. The van der Waals surface area contributed by atoms with Gasteiger partial charge in [0.15, 0.2) is 0 Å². The van der Waals surface area contributed by atoms with Gasteiger partial charge in [0.2, 0.25) is 0 Å². The van der Waals surface area contributed by atoms with Crippen LogP contribution in [0.5, 0.6) is 0 Å². The summed E-state index contributed by atoms with van der Waals surface area (Å²) in [6, 6.07) is 26.9. The Hall–Kier alpha value is -6.04. The van der Waals surface area contributed by atoms with Gasteiger partial charge in [0, 0.05) is 54.7 Å². The van der Waals surface area contributed by atoms with Crippen molar-refractivity contribution in [2.24, 2.45) is 0 Å². The maximum Gasteiger partial charge on any atom is 0.264 e. The lowest BCUT2D eigenvalue weighted by Crippen LogP contribution is -2.60. The van der Waals surface area contributed by atoms with E-state index in [9.17, 15) is 5.48 Å². The molecule has 7 aromatic carbocycles. The van der Waals surface area contributed by atoms with Crippen LogP contribution in [0, 0.1) is 0 Å². The predicted molar refractivity (Wildman–Crippen MR) is 302 cm³/mol. The fourth-order valence-electron chi connectivity index (χ4n) is 11.0. The highest BCUT2D eigenvalue weighted by molar-refractivity contribution is 7.33. The Morgan fingerprint density at radius 3 is 1.64 bits per heavy atom. The second-order valence-electron chi connectivity index (χ2n) is 23.9. The zero-order valence-electron chi connectivity index (χ0n) is 52.4. The number of rotatable bonds is 5. The molecule has 0 saturated heterocycles. The monoisotopic (exact) mass is 932 g/mol. The molecule has 0 fully saturated rings. The lowest BCUT2D eigenvalue weighted by atomic mass is 9.36. The Labute approximate surface area is 431 Å². The third-order valence-corrected chi connectivity index (χ3v) is 16.4. The van der Waals surface area contributed by atoms with Gasteiger partial charge in [0.25, 0.3) is 6.71 Å². The quantitative estimate of drug-likeness (QED) is 0.159. The summed E-state index contributed by atoms with van der Waals surface area (Å²) < 4.78 is 94.1. The molecule has 3 aliphatic rings. The summed E-state index contributed by atoms with van der Waals surface area (Å²) in [5, 5.41) is 1.07. The van der Waals surface area contributed by atoms with E-state index in [0.717, 1.165) is 78.3 Å². The van der Waals surface area contributed by atoms with Crippen LogP contribution in [0.4, 0.5) is 51.2 Å². The van der Waals surface area contributed by atoms with Crippen LogP contribution in [0.1, 0.15) is 144 Å². The van der Waals surface area contributed by atoms with Crippen molar-refractivity contribution >= 4 is 95.0 Å². The maximum atomic E-state index is 9.58. The third-order valence-electron chi connectivity index (χ3n) is 15.1. The van der Waals surface area contributed by atoms with Gasteiger partial charge in [-0.2, -0.15) is 0 Å². The fourth-order valence-corrected chi connectivity index (χ4v) is 12.3. The first-order chi connectivity index (χ1) is 36.7. The molecular weight excluding hydrogens is 854 g/mol. The molecule has 0 bridgehead atoms. The van der Waals surface area contributed by atoms with Gasteiger partial charge in [0.05, 0.1) is 25.1 Å². The predicted octanol–water partition coefficient (Wildman–Crippen LogP) is 16.7. The van der Waals surface area contributed by atoms with E-state index in [1.165, 1.54) is 27.2 Å². The maximum absolute atomic E-state index is 9.58. The van der Waals surface area contributed by atoms with E-state index in [1.54, 1.807) is 11.3 Å². The zero-order chi connectivity index (χ0) is 57.3. The lowest BCUT2D eigenvalue weighted by Gasteiger charge is -2.45. The molecule has 3 nitrogen and oxygen atoms in total. The molecule has 1 aliphatic carbocycles. The number of thiophene rings is 1. The number of nitrogens with zero attached hydrogens (tertiary/aromatic N) is 3. The van der Waals surface area contributed by atoms with Gasteiger partial charge in [-0.1, -0.05) is 163 Å². The largest absolute Gasteiger partial charge is 0.311 e. The van der Waals surface area contributed by atoms with Crippen LogP contribution in [-0.4, -0.2) is 6.71 Å². The summed E-state index contributed by atoms with van der Waals surface area (Å²) in [4.78, 5) is 5.93. The molecule has 5 heteroatoms. The molecule has 1 aromatic heterocycles. The van der Waals surface area contributed by atoms with Crippen molar-refractivity contribution in [1.82, 2.24) is 0 Å². The SMILES string of the molecule is [2H]c1c([2H])c([2H])c(N(c2cc3c4c(c2)N(c2ccc5c(c2)C(C)(C)CCC5(C)C)c2c(sc5ccc(C(C)(C)C)cc25)B4c2cc(C(C)(C)C)ccc2N3c2ccc(C(C)(C)C)cc2)c2c([2H])c([2H])c([2H])c([2H])c2[2H])c([2H])c1[2H]. The molecule has 69 heavy (non-hydrogen) atoms. The van der Waals surface area contributed by atoms with Crippen molar-refractivity contribution in [2.45, 2.75) is 130 Å². The number of benzene rings is 7. The number of para-hydroxylation sites is 2. The highest BCUT2D eigenvalue weighted by atomic mass is 32.1. The molecule has 348 valence electrons. The van der Waals surface area contributed by atoms with Gasteiger partial charge in [-0.15, -0.1) is 11.3 Å². The molecule has 0 saturated carbocycles. The zero-order valence-corrected chi connectivity index (χ0v) is 43.2. The van der Waals surface area contributed by atoms with Crippen LogP contribution in [0.2, 0.25) is 0 Å². The Kier molecular flexibility index (Phi) is 8.01. The second-order valence-corrected chi connectivity index (χ2v) is 25.0. The van der Waals surface area contributed by atoms with Crippen molar-refractivity contribution in [2.75, 3.05) is 14.7 Å². The highest BCUT2D eigenvalue weighted by Crippen LogP contribution is 2.53. The van der Waals surface area contributed by atoms with Crippen LogP contribution in [-0.2, 0) is 27.1 Å². The number of fused-ring (bicyclic) bond motifs is 7. The standard InChI is InChI=1S/C64H68BN3S/c1-60(2,3)41-24-28-46(29-25-41)67-53-32-26-43(62(7,8)9)37-52(53)65-57-54(67)39-48(66(44-20-16-14-17-21-44)45-22-18-15-19-23-45)40-55(57)68(47-30-31-50-51(38-47)64(12,13)35-34-63(50,10)11)58-49-36-42(61(4,5)6)27-33-56(49)69-59(58)65/h14-33,36-40H,34-35H2,1-13H3/i14D,15D,16D,17D,18D,19D,20D,21D,22D,23D. The Balaban J connectivity index is 1.37. The molecule has 0 atom stereocenters. The van der Waals surface area contributed by atoms with E-state index < -0.39 is 60.4 Å². The van der Waals surface area contributed by atoms with Crippen LogP contribution in [0.25, 0.3) is 10.1 Å². The first-order valence-electron chi connectivity index (χ1n) is 29.4. The third kappa shape index (κ3) is 7.53. The van der Waals surface area contributed by atoms with Gasteiger partial charge >= 0.3 is 0 Å². The van der Waals surface area contributed by atoms with Gasteiger partial charge in [-0.25, -0.2) is 0 Å². The van der Waals surface area contributed by atoms with Crippen molar-refractivity contribution < 1.29 is 13.7 Å². The van der Waals surface area contributed by atoms with Gasteiger partial charge in [-0.3, -0.25) is 0 Å². The minimum absolute atomic E-state index is 0.0802. The summed E-state index contributed by atoms with van der Waals surface area (Å²) in [5.74, 6) is 0. The molecule has 3 heterocycles. The van der Waals surface area contributed by atoms with E-state index in [-0.39, 0.29) is 50.8 Å². The van der Waals surface area contributed by atoms with Gasteiger partial charge < -0.3 is 14.7 Å². The second kappa shape index (κ2) is 15.7. The molecule has 0 spiro atoms. The van der Waals surface area contributed by atoms with E-state index in [2.05, 4.69) is 179 Å². The summed E-state index contributed by atoms with van der Waals surface area (Å²) in [5.41, 5.74) is 12.0. The summed E-state index contributed by atoms with van der Waals surface area (Å²) >= 11 is 1.80. The molecule has 0 radical (unpaired) electrons. The van der Waals surface area contributed by atoms with E-state index in [0.29, 0.717) is 0 Å². The smallest absolute Gasteiger partial charge is 0.264 e. The lowest BCUT2D eigenvalue weighted by molar-refractivity contribution is 0.332. The summed E-state index contributed by atoms with van der Waals surface area (Å²) in [6.45, 7) is 28.9. The van der Waals surface area contributed by atoms with Crippen LogP contribution in [0.15, 0.2) is 151 Å². The van der Waals surface area contributed by atoms with Gasteiger partial charge in [-0.05, 0) is 157 Å². The van der Waals surface area contributed by atoms with E-state index >= 15 is 0 Å². The summed E-state index contributed by atoms with van der Waals surface area (Å²) in [6.07, 6.45) is 2.03. The average Bonchev–Trinajstić information content (AvgIpc) is 2.85. The number of anilines is 9. The first kappa shape index (κ1) is 35.1. The van der Waals surface area contributed by atoms with Crippen molar-refractivity contribution in [3.05, 3.63) is 179 Å². The fraction of sp³-hybridized carbons (Fsp3) is 0.312. The van der Waals surface area contributed by atoms with Gasteiger partial charge in [0.1, 0.15) is 0 Å². The molecule has 11 rings (SSSR count). The molecule has 0 unspecified atom stereocenters. The minimum Gasteiger partial charge on any atom is -0.311 e. The van der Waals surface area contributed by atoms with Crippen LogP contribution < -0.4 is 30.4 Å². The summed E-state index contributed by atoms with van der Waals surface area (Å²) in [7, 11) is 0. The van der Waals surface area contributed by atoms with E-state index in [1.807, 2.05) is 12.1 Å². The molecule has 2 aliphatic heterocycles. The van der Waals surface area contributed by atoms with Crippen LogP contribution in [0.3, 0.4) is 0 Å². The van der Waals surface area contributed by atoms with Crippen molar-refractivity contribution in [1.29, 1.82) is 0 Å². The number of hydrogen-bond acceptors (Lipinski definition) is 4. The minimum atomic E-state index is -0.623. The molecule has 8 aromatic rings. The number of hydrogen-bond donors (Lipinski definition) is 0. The van der Waals surface area contributed by atoms with Crippen molar-refractivity contribution in [3.8, 4) is 0 Å². The normalized spacial score (nSPS) is 18.0. The average molecular weight is 932 g/mol. The molecule has 0 amide bonds.